The maximum Gasteiger partial charge on any atom is 0.223 e. The maximum atomic E-state index is 12.7. The Morgan fingerprint density at radius 3 is 2.50 bits per heavy atom. The van der Waals surface area contributed by atoms with Crippen LogP contribution in [0.2, 0.25) is 0 Å². The molecule has 2 saturated heterocycles. The summed E-state index contributed by atoms with van der Waals surface area (Å²) in [7, 11) is 0. The molecule has 0 bridgehead atoms. The Morgan fingerprint density at radius 1 is 1.15 bits per heavy atom. The molecular weight excluding hydrogens is 324 g/mol. The zero-order valence-electron chi connectivity index (χ0n) is 15.6. The summed E-state index contributed by atoms with van der Waals surface area (Å²) in [5, 5.41) is 11.9. The lowest BCUT2D eigenvalue weighted by atomic mass is 9.95. The Balaban J connectivity index is 1.51. The molecule has 0 spiro atoms. The molecule has 26 heavy (non-hydrogen) atoms. The van der Waals surface area contributed by atoms with Gasteiger partial charge in [-0.1, -0.05) is 30.3 Å². The molecule has 140 valence electrons. The number of likely N-dealkylation sites (tertiary alicyclic amines) is 2. The Hall–Kier alpha value is -1.90. The van der Waals surface area contributed by atoms with Gasteiger partial charge in [-0.05, 0) is 57.4 Å². The molecule has 1 aromatic rings. The van der Waals surface area contributed by atoms with Crippen LogP contribution in [0.5, 0.6) is 0 Å². The van der Waals surface area contributed by atoms with Gasteiger partial charge in [-0.15, -0.1) is 0 Å². The molecule has 1 amide bonds. The van der Waals surface area contributed by atoms with E-state index >= 15 is 0 Å². The van der Waals surface area contributed by atoms with Gasteiger partial charge in [-0.25, -0.2) is 0 Å². The van der Waals surface area contributed by atoms with Crippen LogP contribution in [-0.4, -0.2) is 55.0 Å². The predicted octanol–water partition coefficient (Wildman–Crippen LogP) is 2.57. The number of hydrogen-bond acceptors (Lipinski definition) is 4. The molecule has 2 fully saturated rings. The number of nitriles is 1. The Labute approximate surface area is 157 Å². The number of rotatable bonds is 7. The first-order valence-corrected chi connectivity index (χ1v) is 9.94. The van der Waals surface area contributed by atoms with Crippen molar-refractivity contribution in [1.82, 2.24) is 15.1 Å². The molecule has 0 aliphatic carbocycles. The summed E-state index contributed by atoms with van der Waals surface area (Å²) in [5.41, 5.74) is 1.29. The number of amides is 1. The zero-order valence-corrected chi connectivity index (χ0v) is 15.6. The molecule has 0 aromatic heterocycles. The Kier molecular flexibility index (Phi) is 7.04. The summed E-state index contributed by atoms with van der Waals surface area (Å²) in [6.45, 7) is 5.61. The van der Waals surface area contributed by atoms with Crippen LogP contribution in [0.15, 0.2) is 30.3 Å². The van der Waals surface area contributed by atoms with E-state index < -0.39 is 0 Å². The summed E-state index contributed by atoms with van der Waals surface area (Å²) >= 11 is 0. The van der Waals surface area contributed by atoms with Crippen LogP contribution in [0.25, 0.3) is 0 Å². The molecule has 5 heteroatoms. The standard InChI is InChI=1S/C21H30N4O/c22-11-6-12-24-15-9-19(10-16-24)21(26)23-17-20(25-13-4-5-14-25)18-7-2-1-3-8-18/h1-3,7-8,19-20H,4-6,9-10,12-17H2,(H,23,26). The number of carbonyl (C=O) groups is 1. The average molecular weight is 354 g/mol. The fraction of sp³-hybridized carbons (Fsp3) is 0.619. The number of nitrogens with one attached hydrogen (secondary N) is 1. The van der Waals surface area contributed by atoms with Crippen molar-refractivity contribution in [2.45, 2.75) is 38.1 Å². The molecular formula is C21H30N4O. The highest BCUT2D eigenvalue weighted by molar-refractivity contribution is 5.78. The maximum absolute atomic E-state index is 12.7. The lowest BCUT2D eigenvalue weighted by molar-refractivity contribution is -0.126. The fourth-order valence-corrected chi connectivity index (χ4v) is 4.15. The summed E-state index contributed by atoms with van der Waals surface area (Å²) in [6.07, 6.45) is 4.87. The van der Waals surface area contributed by atoms with Gasteiger partial charge in [0.1, 0.15) is 0 Å². The van der Waals surface area contributed by atoms with Gasteiger partial charge in [-0.2, -0.15) is 5.26 Å². The molecule has 1 unspecified atom stereocenters. The van der Waals surface area contributed by atoms with Crippen LogP contribution < -0.4 is 5.32 Å². The third kappa shape index (κ3) is 5.06. The van der Waals surface area contributed by atoms with Gasteiger partial charge in [0.25, 0.3) is 0 Å². The highest BCUT2D eigenvalue weighted by Gasteiger charge is 2.27. The largest absolute Gasteiger partial charge is 0.354 e. The lowest BCUT2D eigenvalue weighted by Gasteiger charge is -2.32. The van der Waals surface area contributed by atoms with Gasteiger partial charge in [0.05, 0.1) is 12.1 Å². The molecule has 0 saturated carbocycles. The highest BCUT2D eigenvalue weighted by Crippen LogP contribution is 2.25. The summed E-state index contributed by atoms with van der Waals surface area (Å²) in [6, 6.07) is 13.0. The average Bonchev–Trinajstić information content (AvgIpc) is 3.22. The van der Waals surface area contributed by atoms with Crippen LogP contribution in [0.1, 0.15) is 43.7 Å². The molecule has 1 aromatic carbocycles. The first-order valence-electron chi connectivity index (χ1n) is 9.94. The molecule has 0 radical (unpaired) electrons. The van der Waals surface area contributed by atoms with Crippen molar-refractivity contribution in [2.75, 3.05) is 39.3 Å². The second-order valence-electron chi connectivity index (χ2n) is 7.44. The van der Waals surface area contributed by atoms with E-state index in [2.05, 4.69) is 45.5 Å². The van der Waals surface area contributed by atoms with Crippen LogP contribution in [-0.2, 0) is 4.79 Å². The summed E-state index contributed by atoms with van der Waals surface area (Å²) in [5.74, 6) is 0.313. The first kappa shape index (κ1) is 18.9. The van der Waals surface area contributed by atoms with Gasteiger partial charge in [0.15, 0.2) is 0 Å². The number of piperidine rings is 1. The van der Waals surface area contributed by atoms with Crippen molar-refractivity contribution in [3.8, 4) is 6.07 Å². The molecule has 2 aliphatic heterocycles. The van der Waals surface area contributed by atoms with Crippen molar-refractivity contribution in [3.05, 3.63) is 35.9 Å². The van der Waals surface area contributed by atoms with E-state index in [0.717, 1.165) is 45.6 Å². The molecule has 2 aliphatic rings. The van der Waals surface area contributed by atoms with E-state index in [1.54, 1.807) is 0 Å². The molecule has 5 nitrogen and oxygen atoms in total. The predicted molar refractivity (Wildman–Crippen MR) is 102 cm³/mol. The van der Waals surface area contributed by atoms with E-state index in [-0.39, 0.29) is 17.9 Å². The molecule has 2 heterocycles. The lowest BCUT2D eigenvalue weighted by Crippen LogP contribution is -2.43. The van der Waals surface area contributed by atoms with Crippen molar-refractivity contribution < 1.29 is 4.79 Å². The van der Waals surface area contributed by atoms with Crippen molar-refractivity contribution in [3.63, 3.8) is 0 Å². The summed E-state index contributed by atoms with van der Waals surface area (Å²) in [4.78, 5) is 17.5. The number of hydrogen-bond donors (Lipinski definition) is 1. The molecule has 1 N–H and O–H groups in total. The number of benzene rings is 1. The molecule has 1 atom stereocenters. The minimum atomic E-state index is 0.114. The van der Waals surface area contributed by atoms with Gasteiger partial charge in [-0.3, -0.25) is 9.69 Å². The van der Waals surface area contributed by atoms with Gasteiger partial charge in [0, 0.05) is 25.4 Å². The van der Waals surface area contributed by atoms with Crippen LogP contribution in [0.4, 0.5) is 0 Å². The van der Waals surface area contributed by atoms with E-state index in [0.29, 0.717) is 13.0 Å². The van der Waals surface area contributed by atoms with Gasteiger partial charge < -0.3 is 10.2 Å². The van der Waals surface area contributed by atoms with Crippen molar-refractivity contribution >= 4 is 5.91 Å². The second-order valence-corrected chi connectivity index (χ2v) is 7.44. The Morgan fingerprint density at radius 2 is 1.85 bits per heavy atom. The van der Waals surface area contributed by atoms with E-state index in [1.807, 2.05) is 6.07 Å². The third-order valence-corrected chi connectivity index (χ3v) is 5.73. The highest BCUT2D eigenvalue weighted by atomic mass is 16.1. The van der Waals surface area contributed by atoms with Crippen molar-refractivity contribution in [1.29, 1.82) is 5.26 Å². The van der Waals surface area contributed by atoms with Crippen molar-refractivity contribution in [2.24, 2.45) is 5.92 Å². The monoisotopic (exact) mass is 354 g/mol. The number of carbonyl (C=O) groups excluding carboxylic acids is 1. The fourth-order valence-electron chi connectivity index (χ4n) is 4.15. The van der Waals surface area contributed by atoms with Crippen LogP contribution >= 0.6 is 0 Å². The first-order chi connectivity index (χ1) is 12.8. The van der Waals surface area contributed by atoms with Gasteiger partial charge >= 0.3 is 0 Å². The number of nitrogens with zero attached hydrogens (tertiary/aromatic N) is 3. The minimum Gasteiger partial charge on any atom is -0.354 e. The second kappa shape index (κ2) is 9.70. The quantitative estimate of drug-likeness (QED) is 0.818. The Bertz CT molecular complexity index is 598. The third-order valence-electron chi connectivity index (χ3n) is 5.73. The van der Waals surface area contributed by atoms with E-state index in [1.165, 1.54) is 18.4 Å². The smallest absolute Gasteiger partial charge is 0.223 e. The SMILES string of the molecule is N#CCCN1CCC(C(=O)NCC(c2ccccc2)N2CCCC2)CC1. The van der Waals surface area contributed by atoms with E-state index in [4.69, 9.17) is 5.26 Å². The van der Waals surface area contributed by atoms with E-state index in [9.17, 15) is 4.79 Å². The van der Waals surface area contributed by atoms with Crippen LogP contribution in [0, 0.1) is 17.2 Å². The topological polar surface area (TPSA) is 59.4 Å². The zero-order chi connectivity index (χ0) is 18.2. The minimum absolute atomic E-state index is 0.114. The summed E-state index contributed by atoms with van der Waals surface area (Å²) < 4.78 is 0. The normalized spacial score (nSPS) is 20.6. The molecule has 3 rings (SSSR count). The van der Waals surface area contributed by atoms with Crippen LogP contribution in [0.3, 0.4) is 0 Å². The van der Waals surface area contributed by atoms with Gasteiger partial charge in [0.2, 0.25) is 5.91 Å².